The van der Waals surface area contributed by atoms with Gasteiger partial charge in [0, 0.05) is 48.7 Å². The third kappa shape index (κ3) is 3.69. The minimum Gasteiger partial charge on any atom is -0.383 e. The predicted octanol–water partition coefficient (Wildman–Crippen LogP) is 3.04. The van der Waals surface area contributed by atoms with Crippen molar-refractivity contribution in [3.8, 4) is 11.3 Å². The lowest BCUT2D eigenvalue weighted by atomic mass is 10.1. The molecule has 7 nitrogen and oxygen atoms in total. The number of fused-ring (bicyclic) bond motifs is 1. The van der Waals surface area contributed by atoms with Gasteiger partial charge in [0.25, 0.3) is 0 Å². The van der Waals surface area contributed by atoms with Gasteiger partial charge < -0.3 is 11.1 Å². The maximum atomic E-state index is 12.2. The molecule has 28 heavy (non-hydrogen) atoms. The van der Waals surface area contributed by atoms with Crippen molar-refractivity contribution in [1.29, 1.82) is 0 Å². The predicted molar refractivity (Wildman–Crippen MR) is 114 cm³/mol. The van der Waals surface area contributed by atoms with Crippen molar-refractivity contribution < 1.29 is 4.79 Å². The number of nitrogens with two attached hydrogens (primary N) is 1. The summed E-state index contributed by atoms with van der Waals surface area (Å²) in [5, 5.41) is 4.44. The van der Waals surface area contributed by atoms with Crippen molar-refractivity contribution >= 4 is 40.3 Å². The average Bonchev–Trinajstić information content (AvgIpc) is 2.64. The Balaban J connectivity index is 1.61. The van der Waals surface area contributed by atoms with Crippen LogP contribution in [0.1, 0.15) is 5.56 Å². The number of nitrogen functional groups attached to an aromatic ring is 1. The first-order valence-electron chi connectivity index (χ1n) is 8.80. The van der Waals surface area contributed by atoms with Crippen LogP contribution in [-0.4, -0.2) is 44.5 Å². The van der Waals surface area contributed by atoms with E-state index in [4.69, 9.17) is 5.73 Å². The number of anilines is 2. The fourth-order valence-electron chi connectivity index (χ4n) is 3.09. The number of amides is 1. The number of aromatic nitrogens is 3. The highest BCUT2D eigenvalue weighted by molar-refractivity contribution is 7.96. The van der Waals surface area contributed by atoms with E-state index in [-0.39, 0.29) is 5.91 Å². The third-order valence-corrected chi connectivity index (χ3v) is 5.44. The summed E-state index contributed by atoms with van der Waals surface area (Å²) in [7, 11) is 0. The van der Waals surface area contributed by atoms with Crippen LogP contribution in [0.4, 0.5) is 11.6 Å². The topological polar surface area (TPSA) is 97.0 Å². The number of hydrogen-bond donors (Lipinski definition) is 2. The smallest absolute Gasteiger partial charge is 0.249 e. The second-order valence-corrected chi connectivity index (χ2v) is 7.53. The lowest BCUT2D eigenvalue weighted by Crippen LogP contribution is -2.34. The highest BCUT2D eigenvalue weighted by atomic mass is 32.2. The van der Waals surface area contributed by atoms with Gasteiger partial charge in [-0.1, -0.05) is 11.9 Å². The Morgan fingerprint density at radius 2 is 2.14 bits per heavy atom. The maximum Gasteiger partial charge on any atom is 0.249 e. The molecule has 0 atom stereocenters. The molecule has 1 aliphatic heterocycles. The first-order chi connectivity index (χ1) is 13.5. The molecule has 3 aromatic heterocycles. The van der Waals surface area contributed by atoms with E-state index in [1.165, 1.54) is 0 Å². The normalized spacial score (nSPS) is 14.0. The molecule has 1 amide bonds. The number of hydrogen-bond acceptors (Lipinski definition) is 7. The molecule has 4 rings (SSSR count). The Morgan fingerprint density at radius 3 is 2.89 bits per heavy atom. The quantitative estimate of drug-likeness (QED) is 0.520. The second-order valence-electron chi connectivity index (χ2n) is 6.65. The van der Waals surface area contributed by atoms with E-state index in [0.29, 0.717) is 11.6 Å². The van der Waals surface area contributed by atoms with Gasteiger partial charge in [0.1, 0.15) is 11.6 Å². The molecule has 1 aliphatic rings. The molecular formula is C20H20N6OS. The Morgan fingerprint density at radius 1 is 1.32 bits per heavy atom. The van der Waals surface area contributed by atoms with Crippen LogP contribution in [0.15, 0.2) is 48.4 Å². The van der Waals surface area contributed by atoms with E-state index in [1.54, 1.807) is 36.6 Å². The number of aryl methyl sites for hydroxylation is 1. The van der Waals surface area contributed by atoms with Crippen molar-refractivity contribution in [1.82, 2.24) is 19.3 Å². The van der Waals surface area contributed by atoms with Gasteiger partial charge in [0.2, 0.25) is 5.91 Å². The Kier molecular flexibility index (Phi) is 4.97. The van der Waals surface area contributed by atoms with Gasteiger partial charge in [0.05, 0.1) is 5.69 Å². The van der Waals surface area contributed by atoms with Gasteiger partial charge in [-0.2, -0.15) is 0 Å². The molecular weight excluding hydrogens is 372 g/mol. The van der Waals surface area contributed by atoms with Gasteiger partial charge in [0.15, 0.2) is 0 Å². The van der Waals surface area contributed by atoms with Crippen molar-refractivity contribution in [3.05, 3.63) is 54.0 Å². The van der Waals surface area contributed by atoms with Crippen LogP contribution in [-0.2, 0) is 4.79 Å². The molecule has 1 saturated heterocycles. The molecule has 0 aromatic carbocycles. The summed E-state index contributed by atoms with van der Waals surface area (Å²) in [4.78, 5) is 25.2. The number of nitrogens with one attached hydrogen (secondary N) is 1. The van der Waals surface area contributed by atoms with Crippen LogP contribution < -0.4 is 11.1 Å². The van der Waals surface area contributed by atoms with E-state index in [2.05, 4.69) is 24.6 Å². The van der Waals surface area contributed by atoms with Crippen molar-refractivity contribution in [3.63, 3.8) is 0 Å². The zero-order valence-corrected chi connectivity index (χ0v) is 16.5. The highest BCUT2D eigenvalue weighted by Gasteiger charge is 2.19. The van der Waals surface area contributed by atoms with E-state index < -0.39 is 0 Å². The fraction of sp³-hybridized carbons (Fsp3) is 0.200. The molecule has 1 fully saturated rings. The molecule has 8 heteroatoms. The van der Waals surface area contributed by atoms with Gasteiger partial charge in [-0.05, 0) is 47.9 Å². The monoisotopic (exact) mass is 392 g/mol. The van der Waals surface area contributed by atoms with E-state index >= 15 is 0 Å². The SMILES string of the molecule is CSN1CC(=CC(=O)Nc2cc3cc(-c4cnccc4C)nc(N)c3cn2)C1. The zero-order valence-electron chi connectivity index (χ0n) is 15.6. The maximum absolute atomic E-state index is 12.2. The van der Waals surface area contributed by atoms with Crippen LogP contribution in [0.2, 0.25) is 0 Å². The fourth-order valence-corrected chi connectivity index (χ4v) is 3.68. The standard InChI is InChI=1S/C20H20N6OS/c1-12-3-4-22-8-15(12)17-6-14-7-18(23-9-16(14)20(21)24-17)25-19(27)5-13-10-26(11-13)28-2/h3-9H,10-11H2,1-2H3,(H2,21,24)(H,23,25,27). The first-order valence-corrected chi connectivity index (χ1v) is 9.98. The van der Waals surface area contributed by atoms with Crippen LogP contribution in [0.5, 0.6) is 0 Å². The number of carbonyl (C=O) groups is 1. The number of rotatable bonds is 4. The van der Waals surface area contributed by atoms with Gasteiger partial charge in [-0.25, -0.2) is 14.3 Å². The minimum absolute atomic E-state index is 0.173. The van der Waals surface area contributed by atoms with E-state index in [9.17, 15) is 4.79 Å². The number of pyridine rings is 3. The second kappa shape index (κ2) is 7.57. The lowest BCUT2D eigenvalue weighted by molar-refractivity contribution is -0.112. The van der Waals surface area contributed by atoms with Gasteiger partial charge in [-0.3, -0.25) is 9.78 Å². The Hall–Kier alpha value is -2.97. The summed E-state index contributed by atoms with van der Waals surface area (Å²) in [6.45, 7) is 3.63. The van der Waals surface area contributed by atoms with Crippen molar-refractivity contribution in [2.45, 2.75) is 6.92 Å². The largest absolute Gasteiger partial charge is 0.383 e. The molecule has 4 heterocycles. The van der Waals surface area contributed by atoms with Gasteiger partial charge >= 0.3 is 0 Å². The Bertz CT molecular complexity index is 1090. The third-order valence-electron chi connectivity index (χ3n) is 4.66. The summed E-state index contributed by atoms with van der Waals surface area (Å²) in [6, 6.07) is 5.68. The van der Waals surface area contributed by atoms with E-state index in [0.717, 1.165) is 46.3 Å². The van der Waals surface area contributed by atoms with Crippen molar-refractivity contribution in [2.24, 2.45) is 0 Å². The lowest BCUT2D eigenvalue weighted by Gasteiger charge is -2.31. The molecule has 0 bridgehead atoms. The van der Waals surface area contributed by atoms with Crippen LogP contribution in [0.3, 0.4) is 0 Å². The summed E-state index contributed by atoms with van der Waals surface area (Å²) in [5.74, 6) is 0.706. The Labute approximate surface area is 167 Å². The van der Waals surface area contributed by atoms with Gasteiger partial charge in [-0.15, -0.1) is 0 Å². The van der Waals surface area contributed by atoms with Crippen LogP contribution >= 0.6 is 11.9 Å². The molecule has 3 N–H and O–H groups in total. The summed E-state index contributed by atoms with van der Waals surface area (Å²) >= 11 is 1.68. The number of carbonyl (C=O) groups excluding carboxylic acids is 1. The zero-order chi connectivity index (χ0) is 19.7. The highest BCUT2D eigenvalue weighted by Crippen LogP contribution is 2.28. The molecule has 3 aromatic rings. The molecule has 0 unspecified atom stereocenters. The summed E-state index contributed by atoms with van der Waals surface area (Å²) < 4.78 is 2.17. The first kappa shape index (κ1) is 18.4. The molecule has 0 spiro atoms. The van der Waals surface area contributed by atoms with Crippen LogP contribution in [0, 0.1) is 6.92 Å². The minimum atomic E-state index is -0.173. The van der Waals surface area contributed by atoms with E-state index in [1.807, 2.05) is 31.4 Å². The van der Waals surface area contributed by atoms with Crippen LogP contribution in [0.25, 0.3) is 22.0 Å². The summed E-state index contributed by atoms with van der Waals surface area (Å²) in [5.41, 5.74) is 9.98. The van der Waals surface area contributed by atoms with Crippen molar-refractivity contribution in [2.75, 3.05) is 30.4 Å². The number of nitrogens with zero attached hydrogens (tertiary/aromatic N) is 4. The molecule has 142 valence electrons. The molecule has 0 aliphatic carbocycles. The summed E-state index contributed by atoms with van der Waals surface area (Å²) in [6.07, 6.45) is 8.83. The average molecular weight is 392 g/mol. The molecule has 0 radical (unpaired) electrons. The molecule has 0 saturated carbocycles.